The second-order valence-electron chi connectivity index (χ2n) is 4.42. The molecule has 0 saturated carbocycles. The van der Waals surface area contributed by atoms with Crippen molar-refractivity contribution >= 4 is 23.6 Å². The first-order valence-corrected chi connectivity index (χ1v) is 7.05. The predicted octanol–water partition coefficient (Wildman–Crippen LogP) is 0.682. The molecule has 0 aromatic rings. The summed E-state index contributed by atoms with van der Waals surface area (Å²) in [5.41, 5.74) is 5.69. The lowest BCUT2D eigenvalue weighted by Gasteiger charge is -2.18. The Balaban J connectivity index is 4.24. The van der Waals surface area contributed by atoms with E-state index < -0.39 is 18.1 Å². The van der Waals surface area contributed by atoms with Crippen LogP contribution in [0.3, 0.4) is 0 Å². The smallest absolute Gasteiger partial charge is 0.326 e. The maximum atomic E-state index is 11.7. The number of rotatable bonds is 8. The van der Waals surface area contributed by atoms with Gasteiger partial charge in [0.2, 0.25) is 5.91 Å². The highest BCUT2D eigenvalue weighted by Crippen LogP contribution is 2.05. The molecule has 0 saturated heterocycles. The van der Waals surface area contributed by atoms with Crippen molar-refractivity contribution in [3.8, 4) is 0 Å². The van der Waals surface area contributed by atoms with Crippen molar-refractivity contribution in [3.05, 3.63) is 0 Å². The van der Waals surface area contributed by atoms with Crippen molar-refractivity contribution in [3.63, 3.8) is 0 Å². The molecule has 5 nitrogen and oxygen atoms in total. The van der Waals surface area contributed by atoms with E-state index in [1.807, 2.05) is 20.1 Å². The van der Waals surface area contributed by atoms with Gasteiger partial charge in [0.15, 0.2) is 0 Å². The van der Waals surface area contributed by atoms with Gasteiger partial charge in [-0.05, 0) is 30.8 Å². The van der Waals surface area contributed by atoms with Crippen LogP contribution in [0.4, 0.5) is 0 Å². The molecule has 2 atom stereocenters. The van der Waals surface area contributed by atoms with E-state index in [2.05, 4.69) is 5.32 Å². The fourth-order valence-corrected chi connectivity index (χ4v) is 1.86. The second kappa shape index (κ2) is 8.36. The van der Waals surface area contributed by atoms with Crippen LogP contribution in [0.2, 0.25) is 0 Å². The molecule has 0 fully saturated rings. The Labute approximate surface area is 107 Å². The average Bonchev–Trinajstić information content (AvgIpc) is 2.22. The number of amides is 1. The third-order valence-electron chi connectivity index (χ3n) is 2.29. The van der Waals surface area contributed by atoms with Gasteiger partial charge in [-0.25, -0.2) is 4.79 Å². The van der Waals surface area contributed by atoms with Crippen LogP contribution in [0.1, 0.15) is 26.7 Å². The minimum atomic E-state index is -1.01. The molecular formula is C11H22N2O3S. The fourth-order valence-electron chi connectivity index (χ4n) is 1.39. The lowest BCUT2D eigenvalue weighted by molar-refractivity contribution is -0.142. The molecule has 0 heterocycles. The molecule has 17 heavy (non-hydrogen) atoms. The Morgan fingerprint density at radius 1 is 1.41 bits per heavy atom. The zero-order chi connectivity index (χ0) is 13.4. The topological polar surface area (TPSA) is 92.4 Å². The summed E-state index contributed by atoms with van der Waals surface area (Å²) in [5, 5.41) is 11.4. The fraction of sp³-hybridized carbons (Fsp3) is 0.818. The minimum Gasteiger partial charge on any atom is -0.480 e. The maximum absolute atomic E-state index is 11.7. The van der Waals surface area contributed by atoms with Crippen LogP contribution in [0.15, 0.2) is 0 Å². The highest BCUT2D eigenvalue weighted by molar-refractivity contribution is 7.98. The first-order valence-electron chi connectivity index (χ1n) is 5.66. The van der Waals surface area contributed by atoms with E-state index in [9.17, 15) is 9.59 Å². The number of carboxylic acids is 1. The van der Waals surface area contributed by atoms with Crippen molar-refractivity contribution in [1.82, 2.24) is 5.32 Å². The molecule has 1 amide bonds. The largest absolute Gasteiger partial charge is 0.480 e. The molecule has 6 heteroatoms. The van der Waals surface area contributed by atoms with Crippen LogP contribution in [0.25, 0.3) is 0 Å². The van der Waals surface area contributed by atoms with Gasteiger partial charge in [-0.3, -0.25) is 4.79 Å². The first-order chi connectivity index (χ1) is 7.88. The molecule has 0 bridgehead atoms. The summed E-state index contributed by atoms with van der Waals surface area (Å²) in [6.07, 6.45) is 2.86. The normalized spacial score (nSPS) is 14.4. The van der Waals surface area contributed by atoms with E-state index >= 15 is 0 Å². The van der Waals surface area contributed by atoms with Crippen molar-refractivity contribution < 1.29 is 14.7 Å². The van der Waals surface area contributed by atoms with Crippen LogP contribution in [-0.2, 0) is 9.59 Å². The van der Waals surface area contributed by atoms with Gasteiger partial charge < -0.3 is 16.2 Å². The molecule has 0 aliphatic heterocycles. The number of hydrogen-bond acceptors (Lipinski definition) is 4. The molecule has 0 aliphatic rings. The zero-order valence-corrected chi connectivity index (χ0v) is 11.4. The molecule has 0 aromatic carbocycles. The van der Waals surface area contributed by atoms with Gasteiger partial charge in [-0.1, -0.05) is 13.8 Å². The Bertz CT molecular complexity index is 259. The number of nitrogens with two attached hydrogens (primary N) is 1. The molecule has 100 valence electrons. The number of carbonyl (C=O) groups is 2. The summed E-state index contributed by atoms with van der Waals surface area (Å²) in [6.45, 7) is 3.94. The molecule has 4 N–H and O–H groups in total. The standard InChI is InChI=1S/C11H22N2O3S/c1-7(2)6-8(12)10(14)13-9(11(15)16)4-5-17-3/h7-9H,4-6,12H2,1-3H3,(H,13,14)(H,15,16)/t8-,9?/m0/s1. The van der Waals surface area contributed by atoms with Gasteiger partial charge in [0.05, 0.1) is 6.04 Å². The maximum Gasteiger partial charge on any atom is 0.326 e. The van der Waals surface area contributed by atoms with Crippen molar-refractivity contribution in [2.24, 2.45) is 11.7 Å². The van der Waals surface area contributed by atoms with Crippen molar-refractivity contribution in [2.75, 3.05) is 12.0 Å². The Hall–Kier alpha value is -0.750. The lowest BCUT2D eigenvalue weighted by Crippen LogP contribution is -2.49. The average molecular weight is 262 g/mol. The molecule has 1 unspecified atom stereocenters. The summed E-state index contributed by atoms with van der Waals surface area (Å²) < 4.78 is 0. The van der Waals surface area contributed by atoms with Crippen LogP contribution in [0.5, 0.6) is 0 Å². The summed E-state index contributed by atoms with van der Waals surface area (Å²) in [7, 11) is 0. The number of hydrogen-bond donors (Lipinski definition) is 3. The van der Waals surface area contributed by atoms with Gasteiger partial charge in [0.25, 0.3) is 0 Å². The second-order valence-corrected chi connectivity index (χ2v) is 5.40. The van der Waals surface area contributed by atoms with Crippen molar-refractivity contribution in [2.45, 2.75) is 38.8 Å². The van der Waals surface area contributed by atoms with Gasteiger partial charge >= 0.3 is 5.97 Å². The number of carbonyl (C=O) groups excluding carboxylic acids is 1. The highest BCUT2D eigenvalue weighted by atomic mass is 32.2. The molecule has 0 aliphatic carbocycles. The van der Waals surface area contributed by atoms with Crippen LogP contribution in [-0.4, -0.2) is 41.1 Å². The Morgan fingerprint density at radius 2 is 2.00 bits per heavy atom. The summed E-state index contributed by atoms with van der Waals surface area (Å²) in [6, 6.07) is -1.47. The quantitative estimate of drug-likeness (QED) is 0.598. The molecule has 0 aromatic heterocycles. The third-order valence-corrected chi connectivity index (χ3v) is 2.93. The van der Waals surface area contributed by atoms with Gasteiger partial charge in [0, 0.05) is 0 Å². The van der Waals surface area contributed by atoms with Crippen LogP contribution < -0.4 is 11.1 Å². The van der Waals surface area contributed by atoms with Gasteiger partial charge in [-0.2, -0.15) is 11.8 Å². The van der Waals surface area contributed by atoms with E-state index in [4.69, 9.17) is 10.8 Å². The SMILES string of the molecule is CSCCC(NC(=O)[C@@H](N)CC(C)C)C(=O)O. The van der Waals surface area contributed by atoms with E-state index in [1.165, 1.54) is 0 Å². The monoisotopic (exact) mass is 262 g/mol. The van der Waals surface area contributed by atoms with Crippen molar-refractivity contribution in [1.29, 1.82) is 0 Å². The Morgan fingerprint density at radius 3 is 2.41 bits per heavy atom. The third kappa shape index (κ3) is 7.23. The number of aliphatic carboxylic acids is 1. The summed E-state index contributed by atoms with van der Waals surface area (Å²) in [4.78, 5) is 22.6. The molecule has 0 rings (SSSR count). The minimum absolute atomic E-state index is 0.310. The highest BCUT2D eigenvalue weighted by Gasteiger charge is 2.23. The lowest BCUT2D eigenvalue weighted by atomic mass is 10.0. The molecule has 0 spiro atoms. The Kier molecular flexibility index (Phi) is 7.99. The van der Waals surface area contributed by atoms with Gasteiger partial charge in [-0.15, -0.1) is 0 Å². The summed E-state index contributed by atoms with van der Waals surface area (Å²) >= 11 is 1.55. The number of carboxylic acid groups (broad SMARTS) is 1. The van der Waals surface area contributed by atoms with E-state index in [1.54, 1.807) is 11.8 Å². The summed E-state index contributed by atoms with van der Waals surface area (Å²) in [5.74, 6) is -0.391. The zero-order valence-electron chi connectivity index (χ0n) is 10.6. The van der Waals surface area contributed by atoms with E-state index in [0.717, 1.165) is 0 Å². The van der Waals surface area contributed by atoms with Crippen LogP contribution >= 0.6 is 11.8 Å². The predicted molar refractivity (Wildman–Crippen MR) is 70.0 cm³/mol. The molecular weight excluding hydrogens is 240 g/mol. The van der Waals surface area contributed by atoms with Gasteiger partial charge in [0.1, 0.15) is 6.04 Å². The van der Waals surface area contributed by atoms with E-state index in [-0.39, 0.29) is 5.91 Å². The first kappa shape index (κ1) is 16.2. The van der Waals surface area contributed by atoms with Crippen LogP contribution in [0, 0.1) is 5.92 Å². The van der Waals surface area contributed by atoms with E-state index in [0.29, 0.717) is 24.5 Å². The molecule has 0 radical (unpaired) electrons. The number of thioether (sulfide) groups is 1. The number of nitrogens with one attached hydrogen (secondary N) is 1.